The highest BCUT2D eigenvalue weighted by atomic mass is 35.7. The summed E-state index contributed by atoms with van der Waals surface area (Å²) in [6.45, 7) is 5.57. The SMILES string of the molecule is [CH2]COc1ccc(S(=O)(=O)Cl)cc1C. The molecular formula is C9H10ClO3S. The molecule has 5 heteroatoms. The number of hydrogen-bond donors (Lipinski definition) is 0. The normalized spacial score (nSPS) is 11.4. The first-order chi connectivity index (χ1) is 6.45. The fourth-order valence-corrected chi connectivity index (χ4v) is 1.88. The van der Waals surface area contributed by atoms with Crippen molar-refractivity contribution >= 4 is 19.7 Å². The second-order valence-electron chi connectivity index (χ2n) is 2.71. The van der Waals surface area contributed by atoms with Gasteiger partial charge in [-0.1, -0.05) is 0 Å². The molecule has 0 spiro atoms. The van der Waals surface area contributed by atoms with Gasteiger partial charge in [-0.3, -0.25) is 0 Å². The van der Waals surface area contributed by atoms with Crippen LogP contribution in [0.1, 0.15) is 5.56 Å². The number of rotatable bonds is 3. The summed E-state index contributed by atoms with van der Waals surface area (Å²) in [5.74, 6) is 0.615. The molecule has 1 aromatic rings. The monoisotopic (exact) mass is 233 g/mol. The van der Waals surface area contributed by atoms with Gasteiger partial charge >= 0.3 is 0 Å². The summed E-state index contributed by atoms with van der Waals surface area (Å²) in [7, 11) is 1.52. The number of ether oxygens (including phenoxy) is 1. The third kappa shape index (κ3) is 2.62. The van der Waals surface area contributed by atoms with E-state index in [1.165, 1.54) is 12.1 Å². The zero-order valence-corrected chi connectivity index (χ0v) is 9.23. The van der Waals surface area contributed by atoms with E-state index in [1.54, 1.807) is 13.0 Å². The lowest BCUT2D eigenvalue weighted by Crippen LogP contribution is -1.96. The van der Waals surface area contributed by atoms with Crippen molar-refractivity contribution in [3.63, 3.8) is 0 Å². The molecule has 0 saturated heterocycles. The summed E-state index contributed by atoms with van der Waals surface area (Å²) in [6.07, 6.45) is 0. The van der Waals surface area contributed by atoms with E-state index in [2.05, 4.69) is 6.92 Å². The van der Waals surface area contributed by atoms with Gasteiger partial charge in [-0.05, 0) is 37.6 Å². The Kier molecular flexibility index (Phi) is 3.39. The molecule has 14 heavy (non-hydrogen) atoms. The Hall–Kier alpha value is -0.740. The van der Waals surface area contributed by atoms with Crippen LogP contribution in [-0.4, -0.2) is 15.0 Å². The number of hydrogen-bond acceptors (Lipinski definition) is 3. The van der Waals surface area contributed by atoms with Crippen molar-refractivity contribution in [1.82, 2.24) is 0 Å². The summed E-state index contributed by atoms with van der Waals surface area (Å²) in [5.41, 5.74) is 0.718. The Balaban J connectivity index is 3.13. The maximum atomic E-state index is 11.0. The van der Waals surface area contributed by atoms with Crippen molar-refractivity contribution in [2.45, 2.75) is 11.8 Å². The maximum Gasteiger partial charge on any atom is 0.261 e. The van der Waals surface area contributed by atoms with Crippen LogP contribution in [-0.2, 0) is 9.05 Å². The molecule has 3 nitrogen and oxygen atoms in total. The first-order valence-electron chi connectivity index (χ1n) is 3.92. The zero-order chi connectivity index (χ0) is 10.8. The van der Waals surface area contributed by atoms with E-state index in [4.69, 9.17) is 15.4 Å². The van der Waals surface area contributed by atoms with E-state index < -0.39 is 9.05 Å². The summed E-state index contributed by atoms with van der Waals surface area (Å²) >= 11 is 0. The van der Waals surface area contributed by atoms with Crippen LogP contribution in [0.4, 0.5) is 0 Å². The average molecular weight is 234 g/mol. The molecule has 0 aliphatic rings. The molecule has 1 rings (SSSR count). The van der Waals surface area contributed by atoms with Gasteiger partial charge in [-0.15, -0.1) is 0 Å². The molecule has 1 aromatic carbocycles. The lowest BCUT2D eigenvalue weighted by molar-refractivity contribution is 0.358. The standard InChI is InChI=1S/C9H10ClO3S/c1-3-13-9-5-4-8(6-7(9)2)14(10,11)12/h4-6H,1,3H2,2H3. The van der Waals surface area contributed by atoms with Gasteiger partial charge in [-0.25, -0.2) is 8.42 Å². The molecule has 77 valence electrons. The van der Waals surface area contributed by atoms with Crippen molar-refractivity contribution in [3.05, 3.63) is 30.7 Å². The quantitative estimate of drug-likeness (QED) is 0.752. The average Bonchev–Trinajstić information content (AvgIpc) is 2.07. The van der Waals surface area contributed by atoms with Gasteiger partial charge in [0.15, 0.2) is 0 Å². The van der Waals surface area contributed by atoms with Crippen molar-refractivity contribution in [1.29, 1.82) is 0 Å². The second-order valence-corrected chi connectivity index (χ2v) is 5.28. The minimum Gasteiger partial charge on any atom is -0.493 e. The largest absolute Gasteiger partial charge is 0.493 e. The Morgan fingerprint density at radius 3 is 2.57 bits per heavy atom. The lowest BCUT2D eigenvalue weighted by atomic mass is 10.2. The van der Waals surface area contributed by atoms with Gasteiger partial charge < -0.3 is 4.74 Å². The van der Waals surface area contributed by atoms with Crippen molar-refractivity contribution in [2.24, 2.45) is 0 Å². The number of halogens is 1. The molecular weight excluding hydrogens is 224 g/mol. The van der Waals surface area contributed by atoms with Crippen LogP contribution < -0.4 is 4.74 Å². The maximum absolute atomic E-state index is 11.0. The molecule has 0 aliphatic heterocycles. The highest BCUT2D eigenvalue weighted by Gasteiger charge is 2.11. The third-order valence-electron chi connectivity index (χ3n) is 1.69. The van der Waals surface area contributed by atoms with Gasteiger partial charge in [0.2, 0.25) is 0 Å². The highest BCUT2D eigenvalue weighted by Crippen LogP contribution is 2.23. The molecule has 0 saturated carbocycles. The van der Waals surface area contributed by atoms with Crippen LogP contribution in [0, 0.1) is 13.8 Å². The van der Waals surface area contributed by atoms with Crippen LogP contribution >= 0.6 is 10.7 Å². The summed E-state index contributed by atoms with van der Waals surface area (Å²) < 4.78 is 27.1. The van der Waals surface area contributed by atoms with E-state index in [0.717, 1.165) is 5.56 Å². The molecule has 0 N–H and O–H groups in total. The first kappa shape index (κ1) is 11.3. The van der Waals surface area contributed by atoms with Crippen LogP contribution in [0.3, 0.4) is 0 Å². The van der Waals surface area contributed by atoms with Crippen LogP contribution in [0.2, 0.25) is 0 Å². The van der Waals surface area contributed by atoms with Gasteiger partial charge in [0.25, 0.3) is 9.05 Å². The van der Waals surface area contributed by atoms with E-state index in [9.17, 15) is 8.42 Å². The number of aryl methyl sites for hydroxylation is 1. The predicted molar refractivity (Wildman–Crippen MR) is 55.1 cm³/mol. The Bertz CT molecular complexity index is 426. The van der Waals surface area contributed by atoms with Crippen molar-refractivity contribution in [3.8, 4) is 5.75 Å². The van der Waals surface area contributed by atoms with Gasteiger partial charge in [0, 0.05) is 10.7 Å². The fraction of sp³-hybridized carbons (Fsp3) is 0.222. The molecule has 0 heterocycles. The number of benzene rings is 1. The summed E-state index contributed by atoms with van der Waals surface area (Å²) in [5, 5.41) is 0. The van der Waals surface area contributed by atoms with Crippen molar-refractivity contribution in [2.75, 3.05) is 6.61 Å². The molecule has 1 radical (unpaired) electrons. The van der Waals surface area contributed by atoms with E-state index in [1.807, 2.05) is 0 Å². The molecule has 0 aromatic heterocycles. The van der Waals surface area contributed by atoms with Crippen LogP contribution in [0.5, 0.6) is 5.75 Å². The van der Waals surface area contributed by atoms with E-state index in [-0.39, 0.29) is 4.90 Å². The smallest absolute Gasteiger partial charge is 0.261 e. The minimum absolute atomic E-state index is 0.0769. The summed E-state index contributed by atoms with van der Waals surface area (Å²) in [6, 6.07) is 4.43. The Morgan fingerprint density at radius 2 is 2.14 bits per heavy atom. The van der Waals surface area contributed by atoms with Gasteiger partial charge in [0.05, 0.1) is 11.5 Å². The van der Waals surface area contributed by atoms with E-state index >= 15 is 0 Å². The van der Waals surface area contributed by atoms with Crippen LogP contribution in [0.15, 0.2) is 23.1 Å². The van der Waals surface area contributed by atoms with E-state index in [0.29, 0.717) is 12.4 Å². The zero-order valence-electron chi connectivity index (χ0n) is 7.66. The molecule has 0 aliphatic carbocycles. The third-order valence-corrected chi connectivity index (χ3v) is 3.04. The second kappa shape index (κ2) is 4.19. The first-order valence-corrected chi connectivity index (χ1v) is 6.23. The molecule has 0 atom stereocenters. The molecule has 0 amide bonds. The molecule has 0 fully saturated rings. The lowest BCUT2D eigenvalue weighted by Gasteiger charge is -2.07. The van der Waals surface area contributed by atoms with Crippen LogP contribution in [0.25, 0.3) is 0 Å². The topological polar surface area (TPSA) is 43.4 Å². The van der Waals surface area contributed by atoms with Crippen molar-refractivity contribution < 1.29 is 13.2 Å². The Labute approximate surface area is 88.1 Å². The minimum atomic E-state index is -3.66. The highest BCUT2D eigenvalue weighted by molar-refractivity contribution is 8.13. The molecule has 0 unspecified atom stereocenters. The molecule has 0 bridgehead atoms. The predicted octanol–water partition coefficient (Wildman–Crippen LogP) is 2.14. The fourth-order valence-electron chi connectivity index (χ4n) is 1.05. The van der Waals surface area contributed by atoms with Gasteiger partial charge in [0.1, 0.15) is 5.75 Å². The Morgan fingerprint density at radius 1 is 1.50 bits per heavy atom. The summed E-state index contributed by atoms with van der Waals surface area (Å²) in [4.78, 5) is 0.0769. The van der Waals surface area contributed by atoms with Gasteiger partial charge in [-0.2, -0.15) is 0 Å².